The molecule has 0 radical (unpaired) electrons. The van der Waals surface area contributed by atoms with Crippen LogP contribution < -0.4 is 19.9 Å². The summed E-state index contributed by atoms with van der Waals surface area (Å²) >= 11 is 0. The van der Waals surface area contributed by atoms with Gasteiger partial charge in [-0.1, -0.05) is 6.07 Å². The van der Waals surface area contributed by atoms with Crippen molar-refractivity contribution in [2.24, 2.45) is 0 Å². The summed E-state index contributed by atoms with van der Waals surface area (Å²) in [4.78, 5) is 27.7. The molecule has 2 aromatic carbocycles. The molecule has 2 saturated heterocycles. The summed E-state index contributed by atoms with van der Waals surface area (Å²) in [6.45, 7) is 6.05. The normalized spacial score (nSPS) is 20.8. The number of anilines is 2. The molecule has 2 fully saturated rings. The van der Waals surface area contributed by atoms with Gasteiger partial charge in [-0.2, -0.15) is 0 Å². The van der Waals surface area contributed by atoms with E-state index in [9.17, 15) is 14.0 Å². The second-order valence-corrected chi connectivity index (χ2v) is 8.66. The number of ether oxygens (including phenoxy) is 2. The number of hydrogen-bond acceptors (Lipinski definition) is 5. The molecule has 2 heterocycles. The highest BCUT2D eigenvalue weighted by molar-refractivity contribution is 5.95. The minimum absolute atomic E-state index is 0.0472. The molecule has 0 bridgehead atoms. The molecule has 33 heavy (non-hydrogen) atoms. The Balaban J connectivity index is 1.25. The van der Waals surface area contributed by atoms with Crippen LogP contribution in [0.4, 0.5) is 15.8 Å². The zero-order chi connectivity index (χ0) is 23.4. The molecule has 0 aromatic heterocycles. The van der Waals surface area contributed by atoms with Crippen molar-refractivity contribution in [3.63, 3.8) is 0 Å². The van der Waals surface area contributed by atoms with Gasteiger partial charge >= 0.3 is 0 Å². The van der Waals surface area contributed by atoms with Crippen molar-refractivity contribution in [3.8, 4) is 5.75 Å². The van der Waals surface area contributed by atoms with Crippen LogP contribution in [0.2, 0.25) is 0 Å². The van der Waals surface area contributed by atoms with E-state index in [1.54, 1.807) is 23.1 Å². The molecule has 0 saturated carbocycles. The number of rotatable bonds is 7. The lowest BCUT2D eigenvalue weighted by atomic mass is 10.1. The summed E-state index contributed by atoms with van der Waals surface area (Å²) in [6, 6.07) is 12.2. The Labute approximate surface area is 193 Å². The molecule has 4 rings (SSSR count). The Kier molecular flexibility index (Phi) is 7.13. The Hall–Kier alpha value is -3.13. The number of hydrogen-bond donors (Lipinski definition) is 1. The first-order chi connectivity index (χ1) is 15.9. The number of nitrogens with zero attached hydrogens (tertiary/aromatic N) is 2. The van der Waals surface area contributed by atoms with Gasteiger partial charge in [0.05, 0.1) is 17.9 Å². The van der Waals surface area contributed by atoms with Gasteiger partial charge in [0, 0.05) is 38.3 Å². The Morgan fingerprint density at radius 3 is 2.52 bits per heavy atom. The van der Waals surface area contributed by atoms with E-state index in [1.807, 2.05) is 36.9 Å². The third-order valence-corrected chi connectivity index (χ3v) is 5.85. The topological polar surface area (TPSA) is 71.1 Å². The van der Waals surface area contributed by atoms with Gasteiger partial charge in [0.15, 0.2) is 6.61 Å². The van der Waals surface area contributed by atoms with Gasteiger partial charge in [0.25, 0.3) is 5.91 Å². The SMILES string of the molecule is CC1CN(c2ccc(CNC(=O)COc3ccc(N4CCCC4=O)cc3)cc2F)CC(C)O1. The highest BCUT2D eigenvalue weighted by atomic mass is 19.1. The Morgan fingerprint density at radius 2 is 1.88 bits per heavy atom. The number of carbonyl (C=O) groups is 2. The molecule has 7 nitrogen and oxygen atoms in total. The van der Waals surface area contributed by atoms with E-state index in [0.717, 1.165) is 18.7 Å². The summed E-state index contributed by atoms with van der Waals surface area (Å²) in [6.07, 6.45) is 1.55. The maximum atomic E-state index is 14.7. The zero-order valence-corrected chi connectivity index (χ0v) is 19.1. The molecule has 8 heteroatoms. The lowest BCUT2D eigenvalue weighted by Gasteiger charge is -2.37. The van der Waals surface area contributed by atoms with Crippen molar-refractivity contribution < 1.29 is 23.5 Å². The fourth-order valence-electron chi connectivity index (χ4n) is 4.34. The fourth-order valence-corrected chi connectivity index (χ4v) is 4.34. The predicted octanol–water partition coefficient (Wildman–Crippen LogP) is 3.26. The average molecular weight is 456 g/mol. The van der Waals surface area contributed by atoms with Gasteiger partial charge < -0.3 is 24.6 Å². The summed E-state index contributed by atoms with van der Waals surface area (Å²) in [5.41, 5.74) is 2.06. The van der Waals surface area contributed by atoms with Crippen LogP contribution in [0.5, 0.6) is 5.75 Å². The Morgan fingerprint density at radius 1 is 1.15 bits per heavy atom. The van der Waals surface area contributed by atoms with E-state index in [4.69, 9.17) is 9.47 Å². The van der Waals surface area contributed by atoms with Crippen molar-refractivity contribution in [2.45, 2.75) is 45.4 Å². The molecule has 0 aliphatic carbocycles. The van der Waals surface area contributed by atoms with Crippen LogP contribution in [0.1, 0.15) is 32.3 Å². The molecule has 1 N–H and O–H groups in total. The van der Waals surface area contributed by atoms with E-state index in [0.29, 0.717) is 36.5 Å². The molecule has 2 unspecified atom stereocenters. The zero-order valence-electron chi connectivity index (χ0n) is 19.1. The quantitative estimate of drug-likeness (QED) is 0.694. The van der Waals surface area contributed by atoms with E-state index in [-0.39, 0.29) is 43.0 Å². The number of carbonyl (C=O) groups excluding carboxylic acids is 2. The van der Waals surface area contributed by atoms with Crippen LogP contribution >= 0.6 is 0 Å². The van der Waals surface area contributed by atoms with Crippen molar-refractivity contribution in [2.75, 3.05) is 36.0 Å². The minimum Gasteiger partial charge on any atom is -0.484 e. The molecule has 2 amide bonds. The van der Waals surface area contributed by atoms with E-state index in [1.165, 1.54) is 6.07 Å². The van der Waals surface area contributed by atoms with E-state index in [2.05, 4.69) is 5.32 Å². The van der Waals surface area contributed by atoms with Crippen LogP contribution in [0, 0.1) is 5.82 Å². The van der Waals surface area contributed by atoms with Gasteiger partial charge in [0.2, 0.25) is 5.91 Å². The first-order valence-corrected chi connectivity index (χ1v) is 11.4. The summed E-state index contributed by atoms with van der Waals surface area (Å²) < 4.78 is 26.0. The first kappa shape index (κ1) is 23.0. The second kappa shape index (κ2) is 10.2. The Bertz CT molecular complexity index is 988. The van der Waals surface area contributed by atoms with Crippen molar-refractivity contribution in [3.05, 3.63) is 53.8 Å². The van der Waals surface area contributed by atoms with Crippen molar-refractivity contribution in [1.29, 1.82) is 0 Å². The highest BCUT2D eigenvalue weighted by Crippen LogP contribution is 2.25. The van der Waals surface area contributed by atoms with E-state index < -0.39 is 0 Å². The summed E-state index contributed by atoms with van der Waals surface area (Å²) in [7, 11) is 0. The average Bonchev–Trinajstić information content (AvgIpc) is 3.22. The monoisotopic (exact) mass is 455 g/mol. The van der Waals surface area contributed by atoms with Crippen LogP contribution in [-0.4, -0.2) is 50.3 Å². The maximum absolute atomic E-state index is 14.7. The molecule has 0 spiro atoms. The molecule has 2 atom stereocenters. The van der Waals surface area contributed by atoms with Crippen LogP contribution in [0.15, 0.2) is 42.5 Å². The van der Waals surface area contributed by atoms with Crippen LogP contribution in [0.3, 0.4) is 0 Å². The molecule has 2 aliphatic rings. The van der Waals surface area contributed by atoms with Gasteiger partial charge in [-0.3, -0.25) is 9.59 Å². The molecular formula is C25H30FN3O4. The number of benzene rings is 2. The smallest absolute Gasteiger partial charge is 0.258 e. The van der Waals surface area contributed by atoms with E-state index >= 15 is 0 Å². The predicted molar refractivity (Wildman–Crippen MR) is 124 cm³/mol. The van der Waals surface area contributed by atoms with Gasteiger partial charge in [-0.05, 0) is 62.2 Å². The molecule has 2 aliphatic heterocycles. The maximum Gasteiger partial charge on any atom is 0.258 e. The van der Waals surface area contributed by atoms with Crippen LogP contribution in [0.25, 0.3) is 0 Å². The number of morpholine rings is 1. The van der Waals surface area contributed by atoms with Gasteiger partial charge in [-0.15, -0.1) is 0 Å². The molecular weight excluding hydrogens is 425 g/mol. The number of halogens is 1. The fraction of sp³-hybridized carbons (Fsp3) is 0.440. The van der Waals surface area contributed by atoms with Crippen LogP contribution in [-0.2, 0) is 20.9 Å². The molecule has 176 valence electrons. The first-order valence-electron chi connectivity index (χ1n) is 11.4. The van der Waals surface area contributed by atoms with Gasteiger partial charge in [-0.25, -0.2) is 4.39 Å². The minimum atomic E-state index is -0.309. The molecule has 2 aromatic rings. The number of amides is 2. The third-order valence-electron chi connectivity index (χ3n) is 5.85. The summed E-state index contributed by atoms with van der Waals surface area (Å²) in [5.74, 6) is 0.0662. The number of nitrogens with one attached hydrogen (secondary N) is 1. The second-order valence-electron chi connectivity index (χ2n) is 8.66. The lowest BCUT2D eigenvalue weighted by Crippen LogP contribution is -2.45. The van der Waals surface area contributed by atoms with Crippen molar-refractivity contribution in [1.82, 2.24) is 5.32 Å². The standard InChI is InChI=1S/C25H30FN3O4/c1-17-14-28(15-18(2)33-17)23-10-5-19(12-22(23)26)13-27-24(30)16-32-21-8-6-20(7-9-21)29-11-3-4-25(29)31/h5-10,12,17-18H,3-4,11,13-16H2,1-2H3,(H,27,30). The van der Waals surface area contributed by atoms with Gasteiger partial charge in [0.1, 0.15) is 11.6 Å². The highest BCUT2D eigenvalue weighted by Gasteiger charge is 2.24. The summed E-state index contributed by atoms with van der Waals surface area (Å²) in [5, 5.41) is 2.75. The van der Waals surface area contributed by atoms with Crippen molar-refractivity contribution >= 4 is 23.2 Å². The largest absolute Gasteiger partial charge is 0.484 e. The third kappa shape index (κ3) is 5.82. The lowest BCUT2D eigenvalue weighted by molar-refractivity contribution is -0.123.